The highest BCUT2D eigenvalue weighted by Crippen LogP contribution is 2.34. The van der Waals surface area contributed by atoms with Gasteiger partial charge in [-0.25, -0.2) is 18.6 Å². The van der Waals surface area contributed by atoms with E-state index in [1.807, 2.05) is 12.1 Å². The number of nitrogens with zero attached hydrogens (tertiary/aromatic N) is 1. The average Bonchev–Trinajstić information content (AvgIpc) is 3.01. The second kappa shape index (κ2) is 12.8. The van der Waals surface area contributed by atoms with Gasteiger partial charge in [0.2, 0.25) is 11.4 Å². The van der Waals surface area contributed by atoms with Crippen LogP contribution in [0, 0.1) is 10.2 Å². The van der Waals surface area contributed by atoms with Crippen LogP contribution < -0.4 is 28.9 Å². The number of halogens is 1. The Morgan fingerprint density at radius 1 is 0.452 bits per heavy atom. The second-order valence-electron chi connectivity index (χ2n) is 9.50. The van der Waals surface area contributed by atoms with Crippen LogP contribution in [0.15, 0.2) is 152 Å². The van der Waals surface area contributed by atoms with Crippen molar-refractivity contribution < 1.29 is 33.4 Å². The van der Waals surface area contributed by atoms with E-state index in [0.29, 0.717) is 0 Å². The smallest absolute Gasteiger partial charge is 0.219 e. The van der Waals surface area contributed by atoms with Crippen molar-refractivity contribution in [1.82, 2.24) is 0 Å². The molecular weight excluding hydrogens is 548 g/mol. The van der Waals surface area contributed by atoms with Gasteiger partial charge in [-0.3, -0.25) is 0 Å². The van der Waals surface area contributed by atoms with Gasteiger partial charge < -0.3 is 5.73 Å². The third kappa shape index (κ3) is 7.27. The molecule has 42 heavy (non-hydrogen) atoms. The molecule has 5 aromatic carbocycles. The van der Waals surface area contributed by atoms with Gasteiger partial charge in [0.15, 0.2) is 6.20 Å². The number of aromatic nitrogens is 1. The van der Waals surface area contributed by atoms with E-state index in [1.54, 1.807) is 0 Å². The molecule has 0 saturated heterocycles. The van der Waals surface area contributed by atoms with Crippen molar-refractivity contribution in [3.8, 4) is 50.3 Å². The lowest BCUT2D eigenvalue weighted by Crippen LogP contribution is -2.68. The quantitative estimate of drug-likeness (QED) is 0.250. The molecule has 6 aromatic rings. The Morgan fingerprint density at radius 3 is 1.33 bits per heavy atom. The van der Waals surface area contributed by atoms with Crippen LogP contribution in [-0.4, -0.2) is 0 Å². The van der Waals surface area contributed by atoms with Crippen LogP contribution in [0.25, 0.3) is 50.3 Å². The van der Waals surface area contributed by atoms with E-state index in [4.69, 9.17) is 24.4 Å². The molecule has 208 valence electrons. The maximum Gasteiger partial charge on any atom is 0.219 e. The summed E-state index contributed by atoms with van der Waals surface area (Å²) in [6.45, 7) is 0. The summed E-state index contributed by atoms with van der Waals surface area (Å²) in [7, 11) is -4.94. The normalized spacial score (nSPS) is 11.0. The van der Waals surface area contributed by atoms with Crippen molar-refractivity contribution in [2.45, 2.75) is 0 Å². The molecule has 0 aliphatic carbocycles. The van der Waals surface area contributed by atoms with E-state index in [9.17, 15) is 0 Å². The minimum Gasteiger partial charge on any atom is -0.399 e. The Labute approximate surface area is 246 Å². The van der Waals surface area contributed by atoms with Gasteiger partial charge in [0.25, 0.3) is 0 Å². The number of hydrogen-bond donors (Lipinski definition) is 1. The van der Waals surface area contributed by atoms with Crippen LogP contribution in [0.1, 0.15) is 0 Å². The predicted octanol–water partition coefficient (Wildman–Crippen LogP) is 3.46. The van der Waals surface area contributed by atoms with Crippen molar-refractivity contribution in [3.63, 3.8) is 0 Å². The molecule has 0 aliphatic rings. The zero-order chi connectivity index (χ0) is 29.5. The van der Waals surface area contributed by atoms with Gasteiger partial charge in [-0.1, -0.05) is 91.0 Å². The Balaban J connectivity index is 0.000000652. The predicted molar refractivity (Wildman–Crippen MR) is 154 cm³/mol. The summed E-state index contributed by atoms with van der Waals surface area (Å²) in [6, 6.07) is 50.9. The fourth-order valence-corrected chi connectivity index (χ4v) is 4.79. The fourth-order valence-electron chi connectivity index (χ4n) is 4.79. The molecule has 2 N–H and O–H groups in total. The third-order valence-electron chi connectivity index (χ3n) is 6.72. The van der Waals surface area contributed by atoms with E-state index in [2.05, 4.69) is 144 Å². The summed E-state index contributed by atoms with van der Waals surface area (Å²) in [5, 5.41) is 0. The SMILES string of the molecule is Nc1ccc(-c2ccc(-[n+]3cc(-c4ccccc4)c(-c4ccccc4)cc3-c3ccccc3)cc2)cc1.[O-][Cl+3]([O-])([O-])[O-]. The molecule has 0 radical (unpaired) electrons. The first kappa shape index (κ1) is 28.7. The summed E-state index contributed by atoms with van der Waals surface area (Å²) in [4.78, 5) is 0. The van der Waals surface area contributed by atoms with Crippen LogP contribution in [0.5, 0.6) is 0 Å². The number of pyridine rings is 1. The zero-order valence-electron chi connectivity index (χ0n) is 22.5. The van der Waals surface area contributed by atoms with Gasteiger partial charge in [-0.15, -0.1) is 10.2 Å². The zero-order valence-corrected chi connectivity index (χ0v) is 23.2. The van der Waals surface area contributed by atoms with Gasteiger partial charge in [-0.2, -0.15) is 4.57 Å². The van der Waals surface area contributed by atoms with Crippen molar-refractivity contribution in [2.75, 3.05) is 5.73 Å². The topological polar surface area (TPSA) is 122 Å². The molecule has 7 heteroatoms. The van der Waals surface area contributed by atoms with Crippen molar-refractivity contribution in [1.29, 1.82) is 0 Å². The Bertz CT molecular complexity index is 1730. The molecule has 1 aromatic heterocycles. The Hall–Kier alpha value is -4.82. The molecule has 0 aliphatic heterocycles. The molecule has 1 heterocycles. The van der Waals surface area contributed by atoms with Gasteiger partial charge in [0.1, 0.15) is 0 Å². The van der Waals surface area contributed by atoms with E-state index < -0.39 is 10.2 Å². The van der Waals surface area contributed by atoms with Crippen molar-refractivity contribution in [2.24, 2.45) is 0 Å². The summed E-state index contributed by atoms with van der Waals surface area (Å²) >= 11 is 0. The number of anilines is 1. The van der Waals surface area contributed by atoms with E-state index in [0.717, 1.165) is 28.2 Å². The fraction of sp³-hybridized carbons (Fsp3) is 0. The van der Waals surface area contributed by atoms with Crippen molar-refractivity contribution in [3.05, 3.63) is 152 Å². The lowest BCUT2D eigenvalue weighted by molar-refractivity contribution is -2.00. The van der Waals surface area contributed by atoms with Crippen LogP contribution in [0.2, 0.25) is 0 Å². The molecule has 0 saturated carbocycles. The molecule has 0 spiro atoms. The molecular formula is C35H27ClN2O4. The highest BCUT2D eigenvalue weighted by atomic mass is 35.7. The number of nitrogen functional groups attached to an aromatic ring is 1. The van der Waals surface area contributed by atoms with Gasteiger partial charge >= 0.3 is 0 Å². The van der Waals surface area contributed by atoms with E-state index >= 15 is 0 Å². The number of hydrogen-bond acceptors (Lipinski definition) is 5. The minimum absolute atomic E-state index is 0.773. The van der Waals surface area contributed by atoms with Crippen LogP contribution in [0.3, 0.4) is 0 Å². The lowest BCUT2D eigenvalue weighted by atomic mass is 9.94. The number of nitrogens with two attached hydrogens (primary N) is 1. The largest absolute Gasteiger partial charge is 0.399 e. The van der Waals surface area contributed by atoms with Crippen molar-refractivity contribution >= 4 is 5.69 Å². The average molecular weight is 575 g/mol. The number of rotatable bonds is 5. The van der Waals surface area contributed by atoms with Crippen LogP contribution >= 0.6 is 0 Å². The first-order valence-electron chi connectivity index (χ1n) is 13.1. The minimum atomic E-state index is -4.94. The van der Waals surface area contributed by atoms with E-state index in [-0.39, 0.29) is 0 Å². The summed E-state index contributed by atoms with van der Waals surface area (Å²) < 4.78 is 36.3. The molecule has 0 amide bonds. The Kier molecular flexibility index (Phi) is 8.74. The van der Waals surface area contributed by atoms with Gasteiger partial charge in [0, 0.05) is 35.0 Å². The highest BCUT2D eigenvalue weighted by molar-refractivity contribution is 5.84. The maximum absolute atomic E-state index is 8.49. The highest BCUT2D eigenvalue weighted by Gasteiger charge is 2.22. The standard InChI is InChI=1S/C35H27N2.ClHO4/c36-31-20-16-26(17-21-31)27-18-22-32(23-19-27)37-25-34(29-12-6-2-7-13-29)33(28-10-4-1-5-11-28)24-35(37)30-14-8-3-9-15-30;2-1(3,4)5/h1-25H,36H2;(H,2,3,4,5)/q+1;/p-1. The van der Waals surface area contributed by atoms with Gasteiger partial charge in [0.05, 0.1) is 5.56 Å². The monoisotopic (exact) mass is 574 g/mol. The number of benzene rings is 5. The summed E-state index contributed by atoms with van der Waals surface area (Å²) in [5.74, 6) is 0. The third-order valence-corrected chi connectivity index (χ3v) is 6.72. The first-order chi connectivity index (χ1) is 20.3. The molecule has 6 nitrogen and oxygen atoms in total. The molecule has 0 bridgehead atoms. The molecule has 0 fully saturated rings. The Morgan fingerprint density at radius 2 is 0.857 bits per heavy atom. The summed E-state index contributed by atoms with van der Waals surface area (Å²) in [6.07, 6.45) is 2.28. The van der Waals surface area contributed by atoms with Crippen LogP contribution in [-0.2, 0) is 0 Å². The van der Waals surface area contributed by atoms with Crippen LogP contribution in [0.4, 0.5) is 5.69 Å². The lowest BCUT2D eigenvalue weighted by Gasteiger charge is -2.17. The van der Waals surface area contributed by atoms with E-state index in [1.165, 1.54) is 27.8 Å². The maximum atomic E-state index is 8.49. The summed E-state index contributed by atoms with van der Waals surface area (Å²) in [5.41, 5.74) is 17.2. The van der Waals surface area contributed by atoms with Gasteiger partial charge in [-0.05, 0) is 58.7 Å². The molecule has 6 rings (SSSR count). The second-order valence-corrected chi connectivity index (χ2v) is 10.3. The first-order valence-corrected chi connectivity index (χ1v) is 14.3. The molecule has 0 unspecified atom stereocenters. The molecule has 0 atom stereocenters.